The topological polar surface area (TPSA) is 117 Å². The Morgan fingerprint density at radius 2 is 1.91 bits per heavy atom. The van der Waals surface area contributed by atoms with Crippen LogP contribution in [0.3, 0.4) is 0 Å². The number of ether oxygens (including phenoxy) is 3. The second-order valence-corrected chi connectivity index (χ2v) is 7.08. The molecule has 0 spiro atoms. The maximum Gasteiger partial charge on any atom is 0.416 e. The van der Waals surface area contributed by atoms with Crippen molar-refractivity contribution in [3.05, 3.63) is 63.7 Å². The molecular formula is C21H19F3N2O7. The van der Waals surface area contributed by atoms with E-state index in [1.54, 1.807) is 12.1 Å². The van der Waals surface area contributed by atoms with Gasteiger partial charge in [0.2, 0.25) is 0 Å². The van der Waals surface area contributed by atoms with Crippen LogP contribution in [0.1, 0.15) is 28.8 Å². The van der Waals surface area contributed by atoms with Crippen molar-refractivity contribution in [2.24, 2.45) is 0 Å². The number of nitrogens with zero attached hydrogens (tertiary/aromatic N) is 1. The lowest BCUT2D eigenvalue weighted by Crippen LogP contribution is -2.21. The molecule has 176 valence electrons. The van der Waals surface area contributed by atoms with E-state index in [0.717, 1.165) is 18.9 Å². The zero-order chi connectivity index (χ0) is 24.0. The molecule has 1 fully saturated rings. The molecule has 0 saturated carbocycles. The molecular weight excluding hydrogens is 449 g/mol. The van der Waals surface area contributed by atoms with Crippen molar-refractivity contribution in [3.63, 3.8) is 0 Å². The summed E-state index contributed by atoms with van der Waals surface area (Å²) in [5.74, 6) is -1.27. The van der Waals surface area contributed by atoms with Crippen LogP contribution in [0.2, 0.25) is 0 Å². The number of nitro benzene ring substituents is 1. The maximum atomic E-state index is 12.8. The van der Waals surface area contributed by atoms with Crippen LogP contribution in [0.25, 0.3) is 0 Å². The highest BCUT2D eigenvalue weighted by atomic mass is 19.4. The Morgan fingerprint density at radius 3 is 2.52 bits per heavy atom. The highest BCUT2D eigenvalue weighted by Crippen LogP contribution is 2.35. The summed E-state index contributed by atoms with van der Waals surface area (Å²) in [5.41, 5.74) is -2.50. The van der Waals surface area contributed by atoms with E-state index in [1.165, 1.54) is 12.1 Å². The molecule has 3 rings (SSSR count). The van der Waals surface area contributed by atoms with Gasteiger partial charge in [0.05, 0.1) is 22.2 Å². The number of amides is 1. The first kappa shape index (κ1) is 24.0. The van der Waals surface area contributed by atoms with E-state index in [9.17, 15) is 32.9 Å². The van der Waals surface area contributed by atoms with Gasteiger partial charge in [-0.3, -0.25) is 14.9 Å². The first-order chi connectivity index (χ1) is 15.6. The Labute approximate surface area is 185 Å². The van der Waals surface area contributed by atoms with Crippen molar-refractivity contribution >= 4 is 23.3 Å². The number of hydrogen-bond acceptors (Lipinski definition) is 7. The molecule has 2 aromatic carbocycles. The molecule has 9 nitrogen and oxygen atoms in total. The first-order valence-electron chi connectivity index (χ1n) is 9.80. The van der Waals surface area contributed by atoms with E-state index >= 15 is 0 Å². The van der Waals surface area contributed by atoms with Crippen molar-refractivity contribution in [1.29, 1.82) is 0 Å². The summed E-state index contributed by atoms with van der Waals surface area (Å²) >= 11 is 0. The summed E-state index contributed by atoms with van der Waals surface area (Å²) in [6.07, 6.45) is -2.84. The van der Waals surface area contributed by atoms with Gasteiger partial charge in [0.25, 0.3) is 11.6 Å². The van der Waals surface area contributed by atoms with Gasteiger partial charge < -0.3 is 19.5 Å². The normalized spacial score (nSPS) is 15.7. The molecule has 1 saturated heterocycles. The number of carbonyl (C=O) groups is 2. The Kier molecular flexibility index (Phi) is 7.48. The van der Waals surface area contributed by atoms with Crippen LogP contribution in [0, 0.1) is 10.1 Å². The molecule has 2 aromatic rings. The number of esters is 1. The van der Waals surface area contributed by atoms with Gasteiger partial charge in [-0.2, -0.15) is 13.2 Å². The van der Waals surface area contributed by atoms with Crippen LogP contribution >= 0.6 is 0 Å². The second kappa shape index (κ2) is 10.3. The van der Waals surface area contributed by atoms with E-state index in [4.69, 9.17) is 14.2 Å². The van der Waals surface area contributed by atoms with Crippen LogP contribution in [-0.2, 0) is 20.4 Å². The third-order valence-corrected chi connectivity index (χ3v) is 4.68. The zero-order valence-corrected chi connectivity index (χ0v) is 17.1. The van der Waals surface area contributed by atoms with Gasteiger partial charge in [0.1, 0.15) is 18.0 Å². The average molecular weight is 468 g/mol. The van der Waals surface area contributed by atoms with Crippen molar-refractivity contribution in [2.75, 3.05) is 25.1 Å². The Balaban J connectivity index is 1.53. The van der Waals surface area contributed by atoms with Gasteiger partial charge in [-0.05, 0) is 49.2 Å². The summed E-state index contributed by atoms with van der Waals surface area (Å²) in [6, 6.07) is 7.64. The fourth-order valence-electron chi connectivity index (χ4n) is 3.02. The van der Waals surface area contributed by atoms with Crippen molar-refractivity contribution in [1.82, 2.24) is 0 Å². The molecule has 0 radical (unpaired) electrons. The van der Waals surface area contributed by atoms with Crippen LogP contribution < -0.4 is 10.1 Å². The molecule has 12 heteroatoms. The molecule has 0 bridgehead atoms. The van der Waals surface area contributed by atoms with Crippen LogP contribution in [-0.4, -0.2) is 42.7 Å². The molecule has 1 unspecified atom stereocenters. The fraction of sp³-hybridized carbons (Fsp3) is 0.333. The minimum absolute atomic E-state index is 0.0358. The van der Waals surface area contributed by atoms with Crippen LogP contribution in [0.15, 0.2) is 42.5 Å². The number of alkyl halides is 3. The first-order valence-corrected chi connectivity index (χ1v) is 9.80. The molecule has 33 heavy (non-hydrogen) atoms. The van der Waals surface area contributed by atoms with Crippen molar-refractivity contribution in [3.8, 4) is 5.75 Å². The Bertz CT molecular complexity index is 1020. The minimum Gasteiger partial charge on any atom is -0.491 e. The third-order valence-electron chi connectivity index (χ3n) is 4.68. The predicted octanol–water partition coefficient (Wildman–Crippen LogP) is 3.97. The summed E-state index contributed by atoms with van der Waals surface area (Å²) in [7, 11) is 0. The van der Waals surface area contributed by atoms with Gasteiger partial charge in [0.15, 0.2) is 6.61 Å². The molecule has 0 aromatic heterocycles. The lowest BCUT2D eigenvalue weighted by molar-refractivity contribution is -0.384. The minimum atomic E-state index is -4.78. The smallest absolute Gasteiger partial charge is 0.416 e. The quantitative estimate of drug-likeness (QED) is 0.354. The van der Waals surface area contributed by atoms with E-state index in [0.29, 0.717) is 31.1 Å². The SMILES string of the molecule is O=C(COC(=O)c1ccc(OCC2CCCO2)cc1)Nc1ccc(C(F)(F)F)cc1[N+](=O)[O-]. The maximum absolute atomic E-state index is 12.8. The summed E-state index contributed by atoms with van der Waals surface area (Å²) in [4.78, 5) is 34.1. The monoisotopic (exact) mass is 468 g/mol. The summed E-state index contributed by atoms with van der Waals surface area (Å²) in [5, 5.41) is 13.1. The number of rotatable bonds is 8. The lowest BCUT2D eigenvalue weighted by atomic mass is 10.1. The van der Waals surface area contributed by atoms with E-state index < -0.39 is 46.5 Å². The van der Waals surface area contributed by atoms with E-state index in [-0.39, 0.29) is 11.7 Å². The number of anilines is 1. The Morgan fingerprint density at radius 1 is 1.18 bits per heavy atom. The van der Waals surface area contributed by atoms with Gasteiger partial charge >= 0.3 is 12.1 Å². The fourth-order valence-corrected chi connectivity index (χ4v) is 3.02. The van der Waals surface area contributed by atoms with Gasteiger partial charge in [-0.15, -0.1) is 0 Å². The number of carbonyl (C=O) groups excluding carboxylic acids is 2. The molecule has 1 atom stereocenters. The average Bonchev–Trinajstić information content (AvgIpc) is 3.29. The van der Waals surface area contributed by atoms with Gasteiger partial charge in [0, 0.05) is 12.7 Å². The summed E-state index contributed by atoms with van der Waals surface area (Å²) < 4.78 is 54.2. The number of halogens is 3. The molecule has 1 aliphatic rings. The number of nitro groups is 1. The van der Waals surface area contributed by atoms with Gasteiger partial charge in [-0.1, -0.05) is 0 Å². The molecule has 1 amide bonds. The third kappa shape index (κ3) is 6.65. The highest BCUT2D eigenvalue weighted by molar-refractivity contribution is 5.96. The second-order valence-electron chi connectivity index (χ2n) is 7.08. The molecule has 0 aliphatic carbocycles. The predicted molar refractivity (Wildman–Crippen MR) is 108 cm³/mol. The van der Waals surface area contributed by atoms with Crippen LogP contribution in [0.5, 0.6) is 5.75 Å². The van der Waals surface area contributed by atoms with Gasteiger partial charge in [-0.25, -0.2) is 4.79 Å². The lowest BCUT2D eigenvalue weighted by Gasteiger charge is -2.12. The molecule has 1 N–H and O–H groups in total. The number of nitrogens with one attached hydrogen (secondary N) is 1. The molecule has 1 aliphatic heterocycles. The Hall–Kier alpha value is -3.67. The zero-order valence-electron chi connectivity index (χ0n) is 17.1. The summed E-state index contributed by atoms with van der Waals surface area (Å²) in [6.45, 7) is 0.299. The number of hydrogen-bond donors (Lipinski definition) is 1. The van der Waals surface area contributed by atoms with Crippen molar-refractivity contribution < 1.29 is 41.9 Å². The van der Waals surface area contributed by atoms with E-state index in [2.05, 4.69) is 5.32 Å². The molecule has 1 heterocycles. The van der Waals surface area contributed by atoms with Crippen molar-refractivity contribution in [2.45, 2.75) is 25.1 Å². The highest BCUT2D eigenvalue weighted by Gasteiger charge is 2.33. The van der Waals surface area contributed by atoms with E-state index in [1.807, 2.05) is 0 Å². The standard InChI is InChI=1S/C21H19F3N2O7/c22-21(23,24)14-5-8-17(18(10-14)26(29)30)25-19(27)12-33-20(28)13-3-6-15(7-4-13)32-11-16-2-1-9-31-16/h3-8,10,16H,1-2,9,11-12H2,(H,25,27). The van der Waals surface area contributed by atoms with Crippen LogP contribution in [0.4, 0.5) is 24.5 Å². The largest absolute Gasteiger partial charge is 0.491 e. The number of benzene rings is 2.